The lowest BCUT2D eigenvalue weighted by molar-refractivity contribution is 0.705. The average Bonchev–Trinajstić information content (AvgIpc) is 3.00. The number of rotatable bonds is 3. The summed E-state index contributed by atoms with van der Waals surface area (Å²) in [5.41, 5.74) is 0. The van der Waals surface area contributed by atoms with Crippen LogP contribution in [0.4, 0.5) is 10.9 Å². The van der Waals surface area contributed by atoms with E-state index in [1.165, 1.54) is 30.7 Å². The van der Waals surface area contributed by atoms with Crippen molar-refractivity contribution in [1.29, 1.82) is 0 Å². The average molecular weight is 246 g/mol. The summed E-state index contributed by atoms with van der Waals surface area (Å²) < 4.78 is 0. The van der Waals surface area contributed by atoms with Crippen LogP contribution < -0.4 is 5.32 Å². The summed E-state index contributed by atoms with van der Waals surface area (Å²) in [5, 5.41) is 13.6. The first kappa shape index (κ1) is 10.7. The van der Waals surface area contributed by atoms with Gasteiger partial charge in [-0.2, -0.15) is 0 Å². The molecule has 1 aliphatic carbocycles. The predicted molar refractivity (Wildman–Crippen MR) is 68.6 cm³/mol. The predicted octanol–water partition coefficient (Wildman–Crippen LogP) is 3.33. The minimum atomic E-state index is 0.631. The van der Waals surface area contributed by atoms with Crippen molar-refractivity contribution < 1.29 is 0 Å². The van der Waals surface area contributed by atoms with E-state index in [4.69, 9.17) is 0 Å². The van der Waals surface area contributed by atoms with Gasteiger partial charge in [0.25, 0.3) is 0 Å². The molecule has 1 fully saturated rings. The zero-order valence-electron chi connectivity index (χ0n) is 9.47. The van der Waals surface area contributed by atoms with Gasteiger partial charge in [-0.3, -0.25) is 0 Å². The van der Waals surface area contributed by atoms with Crippen LogP contribution in [0.25, 0.3) is 0 Å². The van der Waals surface area contributed by atoms with Crippen LogP contribution in [0, 0.1) is 0 Å². The summed E-state index contributed by atoms with van der Waals surface area (Å²) in [7, 11) is 0. The summed E-state index contributed by atoms with van der Waals surface area (Å²) >= 11 is 1.65. The maximum atomic E-state index is 4.27. The topological polar surface area (TPSA) is 50.7 Å². The van der Waals surface area contributed by atoms with Crippen molar-refractivity contribution in [2.45, 2.75) is 31.6 Å². The van der Waals surface area contributed by atoms with E-state index < -0.39 is 0 Å². The molecule has 0 unspecified atom stereocenters. The van der Waals surface area contributed by atoms with E-state index in [-0.39, 0.29) is 0 Å². The molecule has 17 heavy (non-hydrogen) atoms. The molecule has 0 radical (unpaired) electrons. The fourth-order valence-corrected chi connectivity index (χ4v) is 3.09. The molecule has 1 aliphatic rings. The number of nitrogens with one attached hydrogen (secondary N) is 1. The molecule has 2 aromatic rings. The largest absolute Gasteiger partial charge is 0.315 e. The molecule has 0 spiro atoms. The third kappa shape index (κ3) is 2.44. The Morgan fingerprint density at radius 3 is 2.82 bits per heavy atom. The van der Waals surface area contributed by atoms with E-state index in [1.807, 2.05) is 18.2 Å². The molecule has 88 valence electrons. The first-order valence-corrected chi connectivity index (χ1v) is 6.75. The summed E-state index contributed by atoms with van der Waals surface area (Å²) in [4.78, 5) is 4.21. The molecule has 2 aromatic heterocycles. The van der Waals surface area contributed by atoms with Gasteiger partial charge in [-0.25, -0.2) is 4.98 Å². The monoisotopic (exact) mass is 246 g/mol. The molecular weight excluding hydrogens is 232 g/mol. The van der Waals surface area contributed by atoms with E-state index >= 15 is 0 Å². The Morgan fingerprint density at radius 2 is 2.06 bits per heavy atom. The maximum Gasteiger partial charge on any atom is 0.211 e. The minimum absolute atomic E-state index is 0.631. The van der Waals surface area contributed by atoms with Gasteiger partial charge >= 0.3 is 0 Å². The summed E-state index contributed by atoms with van der Waals surface area (Å²) in [6, 6.07) is 5.78. The van der Waals surface area contributed by atoms with Crippen LogP contribution in [0.2, 0.25) is 0 Å². The van der Waals surface area contributed by atoms with E-state index in [1.54, 1.807) is 17.5 Å². The maximum absolute atomic E-state index is 4.27. The lowest BCUT2D eigenvalue weighted by Crippen LogP contribution is -1.91. The lowest BCUT2D eigenvalue weighted by atomic mass is 10.1. The quantitative estimate of drug-likeness (QED) is 0.902. The molecule has 3 rings (SSSR count). The molecular formula is C12H14N4S. The molecule has 4 nitrogen and oxygen atoms in total. The van der Waals surface area contributed by atoms with Gasteiger partial charge in [0.2, 0.25) is 5.13 Å². The van der Waals surface area contributed by atoms with Gasteiger partial charge in [-0.05, 0) is 25.0 Å². The third-order valence-electron chi connectivity index (χ3n) is 3.04. The molecule has 0 amide bonds. The van der Waals surface area contributed by atoms with Crippen molar-refractivity contribution >= 4 is 22.3 Å². The molecule has 5 heteroatoms. The standard InChI is InChI=1S/C12H14N4S/c1-2-6-9(5-1)11-15-16-12(17-11)14-10-7-3-4-8-13-10/h3-4,7-9H,1-2,5-6H2,(H,13,14,16). The van der Waals surface area contributed by atoms with Crippen molar-refractivity contribution in [3.8, 4) is 0 Å². The molecule has 0 saturated heterocycles. The van der Waals surface area contributed by atoms with Crippen molar-refractivity contribution in [2.75, 3.05) is 5.32 Å². The Bertz CT molecular complexity index is 476. The van der Waals surface area contributed by atoms with Gasteiger partial charge in [0.05, 0.1) is 0 Å². The SMILES string of the molecule is c1ccc(Nc2nnc(C3CCCC3)s2)nc1. The fourth-order valence-electron chi connectivity index (χ4n) is 2.17. The van der Waals surface area contributed by atoms with Crippen molar-refractivity contribution in [1.82, 2.24) is 15.2 Å². The Labute approximate surface area is 104 Å². The number of aromatic nitrogens is 3. The van der Waals surface area contributed by atoms with E-state index in [0.717, 1.165) is 10.9 Å². The Morgan fingerprint density at radius 1 is 1.18 bits per heavy atom. The van der Waals surface area contributed by atoms with Gasteiger partial charge in [-0.1, -0.05) is 30.2 Å². The van der Waals surface area contributed by atoms with Crippen LogP contribution in [0.15, 0.2) is 24.4 Å². The van der Waals surface area contributed by atoms with Crippen LogP contribution in [0.3, 0.4) is 0 Å². The zero-order chi connectivity index (χ0) is 11.5. The number of nitrogens with zero attached hydrogens (tertiary/aromatic N) is 3. The number of anilines is 2. The van der Waals surface area contributed by atoms with Crippen molar-refractivity contribution in [2.24, 2.45) is 0 Å². The highest BCUT2D eigenvalue weighted by Crippen LogP contribution is 2.36. The fraction of sp³-hybridized carbons (Fsp3) is 0.417. The molecule has 2 heterocycles. The van der Waals surface area contributed by atoms with Crippen LogP contribution in [0.5, 0.6) is 0 Å². The van der Waals surface area contributed by atoms with Crippen molar-refractivity contribution in [3.05, 3.63) is 29.4 Å². The third-order valence-corrected chi connectivity index (χ3v) is 4.05. The van der Waals surface area contributed by atoms with E-state index in [0.29, 0.717) is 5.92 Å². The first-order valence-electron chi connectivity index (χ1n) is 5.93. The second-order valence-electron chi connectivity index (χ2n) is 4.27. The van der Waals surface area contributed by atoms with E-state index in [9.17, 15) is 0 Å². The van der Waals surface area contributed by atoms with Gasteiger partial charge in [0.1, 0.15) is 10.8 Å². The van der Waals surface area contributed by atoms with Crippen LogP contribution in [0.1, 0.15) is 36.6 Å². The molecule has 0 atom stereocenters. The smallest absolute Gasteiger partial charge is 0.211 e. The Kier molecular flexibility index (Phi) is 3.00. The van der Waals surface area contributed by atoms with Crippen LogP contribution in [-0.4, -0.2) is 15.2 Å². The minimum Gasteiger partial charge on any atom is -0.315 e. The first-order chi connectivity index (χ1) is 8.42. The molecule has 0 bridgehead atoms. The van der Waals surface area contributed by atoms with Gasteiger partial charge in [-0.15, -0.1) is 10.2 Å². The molecule has 1 saturated carbocycles. The summed E-state index contributed by atoms with van der Waals surface area (Å²) in [6.45, 7) is 0. The lowest BCUT2D eigenvalue weighted by Gasteiger charge is -2.01. The molecule has 0 aliphatic heterocycles. The molecule has 1 N–H and O–H groups in total. The zero-order valence-corrected chi connectivity index (χ0v) is 10.3. The highest BCUT2D eigenvalue weighted by Gasteiger charge is 2.21. The van der Waals surface area contributed by atoms with Crippen molar-refractivity contribution in [3.63, 3.8) is 0 Å². The van der Waals surface area contributed by atoms with Gasteiger partial charge < -0.3 is 5.32 Å². The number of hydrogen-bond acceptors (Lipinski definition) is 5. The highest BCUT2D eigenvalue weighted by atomic mass is 32.1. The van der Waals surface area contributed by atoms with Crippen LogP contribution in [-0.2, 0) is 0 Å². The number of hydrogen-bond donors (Lipinski definition) is 1. The second-order valence-corrected chi connectivity index (χ2v) is 5.28. The van der Waals surface area contributed by atoms with Gasteiger partial charge in [0.15, 0.2) is 0 Å². The summed E-state index contributed by atoms with van der Waals surface area (Å²) in [6.07, 6.45) is 6.94. The molecule has 0 aromatic carbocycles. The Balaban J connectivity index is 1.72. The highest BCUT2D eigenvalue weighted by molar-refractivity contribution is 7.15. The normalized spacial score (nSPS) is 16.2. The second kappa shape index (κ2) is 4.79. The number of pyridine rings is 1. The summed E-state index contributed by atoms with van der Waals surface area (Å²) in [5.74, 6) is 1.45. The van der Waals surface area contributed by atoms with Gasteiger partial charge in [0, 0.05) is 12.1 Å². The van der Waals surface area contributed by atoms with Crippen LogP contribution >= 0.6 is 11.3 Å². The van der Waals surface area contributed by atoms with E-state index in [2.05, 4.69) is 20.5 Å². The Hall–Kier alpha value is -1.49.